The lowest BCUT2D eigenvalue weighted by Gasteiger charge is -2.31. The summed E-state index contributed by atoms with van der Waals surface area (Å²) in [7, 11) is 1.80. The average Bonchev–Trinajstić information content (AvgIpc) is 3.21. The molecule has 146 valence electrons. The average molecular weight is 390 g/mol. The van der Waals surface area contributed by atoms with Crippen LogP contribution in [0.3, 0.4) is 0 Å². The van der Waals surface area contributed by atoms with Gasteiger partial charge in [0, 0.05) is 26.2 Å². The maximum Gasteiger partial charge on any atom is 0.233 e. The molecule has 8 heteroatoms. The predicted octanol–water partition coefficient (Wildman–Crippen LogP) is 3.19. The van der Waals surface area contributed by atoms with Gasteiger partial charge in [-0.2, -0.15) is 0 Å². The third-order valence-corrected chi connectivity index (χ3v) is 6.28. The highest BCUT2D eigenvalue weighted by Crippen LogP contribution is 2.41. The van der Waals surface area contributed by atoms with Crippen LogP contribution in [0.15, 0.2) is 28.0 Å². The van der Waals surface area contributed by atoms with Crippen LogP contribution in [0.1, 0.15) is 44.4 Å². The molecule has 4 rings (SSSR count). The number of carbonyl (C=O) groups excluding carboxylic acids is 1. The molecule has 3 heterocycles. The van der Waals surface area contributed by atoms with Gasteiger partial charge in [0.15, 0.2) is 5.16 Å². The van der Waals surface area contributed by atoms with Crippen LogP contribution in [0.5, 0.6) is 0 Å². The van der Waals surface area contributed by atoms with E-state index in [2.05, 4.69) is 26.6 Å². The zero-order valence-electron chi connectivity index (χ0n) is 16.0. The smallest absolute Gasteiger partial charge is 0.233 e. The van der Waals surface area contributed by atoms with E-state index in [-0.39, 0.29) is 5.91 Å². The van der Waals surface area contributed by atoms with E-state index in [0.29, 0.717) is 18.3 Å². The minimum absolute atomic E-state index is 0.0649. The van der Waals surface area contributed by atoms with Crippen LogP contribution in [0.2, 0.25) is 0 Å². The van der Waals surface area contributed by atoms with Crippen LogP contribution in [-0.2, 0) is 11.3 Å². The van der Waals surface area contributed by atoms with E-state index in [9.17, 15) is 4.79 Å². The van der Waals surface area contributed by atoms with Crippen molar-refractivity contribution in [2.75, 3.05) is 30.8 Å². The lowest BCUT2D eigenvalue weighted by molar-refractivity contribution is -0.127. The summed E-state index contributed by atoms with van der Waals surface area (Å²) in [5, 5.41) is 9.78. The van der Waals surface area contributed by atoms with Gasteiger partial charge < -0.3 is 14.2 Å². The Morgan fingerprint density at radius 1 is 1.30 bits per heavy atom. The van der Waals surface area contributed by atoms with Crippen LogP contribution in [0.4, 0.5) is 5.95 Å². The molecule has 1 aliphatic carbocycles. The number of hydrogen-bond acceptors (Lipinski definition) is 6. The van der Waals surface area contributed by atoms with Crippen molar-refractivity contribution in [3.8, 4) is 0 Å². The van der Waals surface area contributed by atoms with Gasteiger partial charge in [-0.05, 0) is 43.7 Å². The van der Waals surface area contributed by atoms with Crippen molar-refractivity contribution < 1.29 is 9.21 Å². The summed E-state index contributed by atoms with van der Waals surface area (Å²) in [5.74, 6) is 2.99. The third kappa shape index (κ3) is 4.31. The van der Waals surface area contributed by atoms with E-state index >= 15 is 0 Å². The maximum absolute atomic E-state index is 12.5. The Labute approximate surface area is 164 Å². The molecule has 0 unspecified atom stereocenters. The Hall–Kier alpha value is -1.96. The fourth-order valence-corrected chi connectivity index (χ4v) is 4.35. The van der Waals surface area contributed by atoms with Crippen LogP contribution in [0.25, 0.3) is 0 Å². The minimum Gasteiger partial charge on any atom is -0.467 e. The lowest BCUT2D eigenvalue weighted by Crippen LogP contribution is -2.34. The number of hydrogen-bond donors (Lipinski definition) is 0. The zero-order valence-corrected chi connectivity index (χ0v) is 16.8. The monoisotopic (exact) mass is 389 g/mol. The topological polar surface area (TPSA) is 67.4 Å². The number of anilines is 1. The van der Waals surface area contributed by atoms with Crippen LogP contribution in [-0.4, -0.2) is 51.5 Å². The summed E-state index contributed by atoms with van der Waals surface area (Å²) in [4.78, 5) is 16.5. The number of piperidine rings is 1. The molecule has 2 aromatic heterocycles. The Bertz CT molecular complexity index is 763. The summed E-state index contributed by atoms with van der Waals surface area (Å²) >= 11 is 1.49. The lowest BCUT2D eigenvalue weighted by atomic mass is 10.00. The van der Waals surface area contributed by atoms with Gasteiger partial charge in [0.25, 0.3) is 0 Å². The molecule has 1 saturated carbocycles. The third-order valence-electron chi connectivity index (χ3n) is 5.35. The van der Waals surface area contributed by atoms with Gasteiger partial charge in [-0.15, -0.1) is 10.2 Å². The van der Waals surface area contributed by atoms with Crippen molar-refractivity contribution in [3.63, 3.8) is 0 Å². The van der Waals surface area contributed by atoms with E-state index in [1.807, 2.05) is 12.1 Å². The fraction of sp³-hybridized carbons (Fsp3) is 0.632. The molecule has 1 amide bonds. The number of rotatable bonds is 7. The van der Waals surface area contributed by atoms with Gasteiger partial charge in [0.1, 0.15) is 5.76 Å². The van der Waals surface area contributed by atoms with Crippen molar-refractivity contribution in [2.45, 2.75) is 50.4 Å². The van der Waals surface area contributed by atoms with Crippen LogP contribution in [0, 0.1) is 5.92 Å². The molecule has 0 aromatic carbocycles. The quantitative estimate of drug-likeness (QED) is 0.678. The summed E-state index contributed by atoms with van der Waals surface area (Å²) in [6, 6.07) is 4.21. The van der Waals surface area contributed by atoms with Crippen molar-refractivity contribution in [1.29, 1.82) is 0 Å². The normalized spacial score (nSPS) is 18.1. The summed E-state index contributed by atoms with van der Waals surface area (Å²) < 4.78 is 7.59. The number of furan rings is 1. The second-order valence-electron chi connectivity index (χ2n) is 7.67. The first-order chi connectivity index (χ1) is 13.1. The van der Waals surface area contributed by atoms with Crippen molar-refractivity contribution in [3.05, 3.63) is 24.2 Å². The maximum atomic E-state index is 12.5. The second kappa shape index (κ2) is 7.96. The molecule has 2 aromatic rings. The molecular formula is C19H27N5O2S. The highest BCUT2D eigenvalue weighted by molar-refractivity contribution is 7.99. The first-order valence-corrected chi connectivity index (χ1v) is 10.7. The predicted molar refractivity (Wildman–Crippen MR) is 105 cm³/mol. The Morgan fingerprint density at radius 3 is 2.74 bits per heavy atom. The van der Waals surface area contributed by atoms with E-state index < -0.39 is 0 Å². The Kier molecular flexibility index (Phi) is 5.43. The molecule has 0 N–H and O–H groups in total. The highest BCUT2D eigenvalue weighted by atomic mass is 32.2. The standard InChI is InChI=1S/C19H27N5O2S/c1-14-7-9-23(10-8-14)18-20-21-19(24(18)15-5-6-15)27-13-17(25)22(2)12-16-4-3-11-26-16/h3-4,11,14-15H,5-10,12-13H2,1-2H3. The Balaban J connectivity index is 1.39. The number of thioether (sulfide) groups is 1. The molecule has 27 heavy (non-hydrogen) atoms. The fourth-order valence-electron chi connectivity index (χ4n) is 3.41. The van der Waals surface area contributed by atoms with Crippen molar-refractivity contribution >= 4 is 23.6 Å². The largest absolute Gasteiger partial charge is 0.467 e. The van der Waals surface area contributed by atoms with E-state index in [1.54, 1.807) is 18.2 Å². The number of carbonyl (C=O) groups is 1. The number of aromatic nitrogens is 3. The molecular weight excluding hydrogens is 362 g/mol. The van der Waals surface area contributed by atoms with E-state index in [1.165, 1.54) is 37.4 Å². The first kappa shape index (κ1) is 18.4. The van der Waals surface area contributed by atoms with Gasteiger partial charge in [-0.3, -0.25) is 9.36 Å². The summed E-state index contributed by atoms with van der Waals surface area (Å²) in [6.07, 6.45) is 6.39. The van der Waals surface area contributed by atoms with Crippen molar-refractivity contribution in [2.24, 2.45) is 5.92 Å². The van der Waals surface area contributed by atoms with Gasteiger partial charge in [0.2, 0.25) is 11.9 Å². The SMILES string of the molecule is CC1CCN(c2nnc(SCC(=O)N(C)Cc3ccco3)n2C2CC2)CC1. The first-order valence-electron chi connectivity index (χ1n) is 9.71. The van der Waals surface area contributed by atoms with E-state index in [0.717, 1.165) is 35.9 Å². The zero-order chi connectivity index (χ0) is 18.8. The van der Waals surface area contributed by atoms with Gasteiger partial charge in [-0.1, -0.05) is 18.7 Å². The molecule has 0 atom stereocenters. The van der Waals surface area contributed by atoms with Crippen molar-refractivity contribution in [1.82, 2.24) is 19.7 Å². The van der Waals surface area contributed by atoms with Gasteiger partial charge >= 0.3 is 0 Å². The molecule has 0 bridgehead atoms. The number of nitrogens with zero attached hydrogens (tertiary/aromatic N) is 5. The molecule has 7 nitrogen and oxygen atoms in total. The molecule has 0 spiro atoms. The molecule has 2 aliphatic rings. The Morgan fingerprint density at radius 2 is 2.07 bits per heavy atom. The van der Waals surface area contributed by atoms with Gasteiger partial charge in [0.05, 0.1) is 18.6 Å². The number of amides is 1. The summed E-state index contributed by atoms with van der Waals surface area (Å²) in [5.41, 5.74) is 0. The van der Waals surface area contributed by atoms with Crippen LogP contribution < -0.4 is 4.90 Å². The molecule has 2 fully saturated rings. The molecule has 0 radical (unpaired) electrons. The minimum atomic E-state index is 0.0649. The van der Waals surface area contributed by atoms with E-state index in [4.69, 9.17) is 4.42 Å². The molecule has 1 saturated heterocycles. The highest BCUT2D eigenvalue weighted by Gasteiger charge is 2.32. The van der Waals surface area contributed by atoms with Crippen LogP contribution >= 0.6 is 11.8 Å². The molecule has 1 aliphatic heterocycles. The second-order valence-corrected chi connectivity index (χ2v) is 8.61. The summed E-state index contributed by atoms with van der Waals surface area (Å²) in [6.45, 7) is 4.89. The van der Waals surface area contributed by atoms with Gasteiger partial charge in [-0.25, -0.2) is 0 Å².